The predicted molar refractivity (Wildman–Crippen MR) is 71.3 cm³/mol. The van der Waals surface area contributed by atoms with Gasteiger partial charge in [-0.2, -0.15) is 0 Å². The molecule has 0 amide bonds. The molecule has 1 fully saturated rings. The van der Waals surface area contributed by atoms with Crippen LogP contribution in [0.3, 0.4) is 0 Å². The van der Waals surface area contributed by atoms with Crippen molar-refractivity contribution in [2.45, 2.75) is 44.2 Å². The van der Waals surface area contributed by atoms with Gasteiger partial charge in [-0.3, -0.25) is 0 Å². The third kappa shape index (κ3) is 3.94. The molecule has 0 radical (unpaired) electrons. The maximum atomic E-state index is 13.5. The van der Waals surface area contributed by atoms with Crippen LogP contribution in [0.4, 0.5) is 4.39 Å². The van der Waals surface area contributed by atoms with Gasteiger partial charge in [0.15, 0.2) is 0 Å². The maximum Gasteiger partial charge on any atom is 0.126 e. The van der Waals surface area contributed by atoms with Gasteiger partial charge in [0.2, 0.25) is 0 Å². The molecule has 1 saturated heterocycles. The fraction of sp³-hybridized carbons (Fsp3) is 0.571. The number of rotatable bonds is 5. The Bertz CT molecular complexity index is 393. The van der Waals surface area contributed by atoms with Crippen LogP contribution in [0.15, 0.2) is 18.2 Å². The van der Waals surface area contributed by atoms with Crippen LogP contribution < -0.4 is 5.73 Å². The monoisotopic (exact) mass is 271 g/mol. The zero-order chi connectivity index (χ0) is 13.0. The Hall–Kier alpha value is -0.640. The lowest BCUT2D eigenvalue weighted by molar-refractivity contribution is 0.101. The number of hydrogen-bond acceptors (Lipinski definition) is 2. The summed E-state index contributed by atoms with van der Waals surface area (Å²) in [6.07, 6.45) is 4.96. The molecule has 2 atom stereocenters. The lowest BCUT2D eigenvalue weighted by atomic mass is 10.00. The summed E-state index contributed by atoms with van der Waals surface area (Å²) in [5.74, 6) is -0.230. The summed E-state index contributed by atoms with van der Waals surface area (Å²) < 4.78 is 19.1. The first-order valence-electron chi connectivity index (χ1n) is 6.46. The first-order valence-corrected chi connectivity index (χ1v) is 6.84. The molecule has 1 aromatic carbocycles. The maximum absolute atomic E-state index is 13.5. The van der Waals surface area contributed by atoms with Crippen molar-refractivity contribution in [2.24, 2.45) is 5.73 Å². The molecule has 1 heterocycles. The van der Waals surface area contributed by atoms with Crippen LogP contribution >= 0.6 is 11.6 Å². The van der Waals surface area contributed by atoms with E-state index in [1.807, 2.05) is 0 Å². The largest absolute Gasteiger partial charge is 0.378 e. The van der Waals surface area contributed by atoms with E-state index in [-0.39, 0.29) is 11.9 Å². The highest BCUT2D eigenvalue weighted by Crippen LogP contribution is 2.20. The lowest BCUT2D eigenvalue weighted by Gasteiger charge is -2.15. The molecule has 2 N–H and O–H groups in total. The van der Waals surface area contributed by atoms with Gasteiger partial charge < -0.3 is 10.5 Å². The highest BCUT2D eigenvalue weighted by molar-refractivity contribution is 6.30. The number of hydrogen-bond donors (Lipinski definition) is 1. The molecule has 0 aromatic heterocycles. The van der Waals surface area contributed by atoms with Crippen molar-refractivity contribution in [3.05, 3.63) is 34.6 Å². The molecule has 2 unspecified atom stereocenters. The predicted octanol–water partition coefficient (Wildman–Crippen LogP) is 3.31. The van der Waals surface area contributed by atoms with Gasteiger partial charge in [-0.1, -0.05) is 11.6 Å². The van der Waals surface area contributed by atoms with Gasteiger partial charge in [-0.05, 0) is 55.9 Å². The quantitative estimate of drug-likeness (QED) is 0.892. The molecule has 4 heteroatoms. The average molecular weight is 272 g/mol. The zero-order valence-electron chi connectivity index (χ0n) is 10.4. The van der Waals surface area contributed by atoms with Gasteiger partial charge in [-0.15, -0.1) is 0 Å². The minimum absolute atomic E-state index is 0.0397. The lowest BCUT2D eigenvalue weighted by Crippen LogP contribution is -2.25. The third-order valence-corrected chi connectivity index (χ3v) is 3.61. The summed E-state index contributed by atoms with van der Waals surface area (Å²) >= 11 is 5.85. The number of benzene rings is 1. The molecule has 0 bridgehead atoms. The molecular weight excluding hydrogens is 253 g/mol. The van der Waals surface area contributed by atoms with E-state index in [1.54, 1.807) is 12.1 Å². The van der Waals surface area contributed by atoms with E-state index < -0.39 is 0 Å². The highest BCUT2D eigenvalue weighted by Gasteiger charge is 2.17. The van der Waals surface area contributed by atoms with E-state index in [9.17, 15) is 4.39 Å². The molecule has 1 aromatic rings. The van der Waals surface area contributed by atoms with Gasteiger partial charge in [-0.25, -0.2) is 4.39 Å². The molecule has 0 spiro atoms. The summed E-state index contributed by atoms with van der Waals surface area (Å²) in [4.78, 5) is 0. The van der Waals surface area contributed by atoms with Crippen molar-refractivity contribution in [3.8, 4) is 0 Å². The Morgan fingerprint density at radius 2 is 2.33 bits per heavy atom. The van der Waals surface area contributed by atoms with Crippen molar-refractivity contribution in [2.75, 3.05) is 6.61 Å². The molecular formula is C14H19ClFNO. The summed E-state index contributed by atoms with van der Waals surface area (Å²) in [6, 6.07) is 4.56. The van der Waals surface area contributed by atoms with Crippen LogP contribution in [0.5, 0.6) is 0 Å². The van der Waals surface area contributed by atoms with Crippen LogP contribution in [0.25, 0.3) is 0 Å². The fourth-order valence-electron chi connectivity index (χ4n) is 2.36. The fourth-order valence-corrected chi connectivity index (χ4v) is 2.55. The van der Waals surface area contributed by atoms with Gasteiger partial charge in [0, 0.05) is 17.7 Å². The van der Waals surface area contributed by atoms with Gasteiger partial charge in [0.25, 0.3) is 0 Å². The molecule has 1 aliphatic rings. The smallest absolute Gasteiger partial charge is 0.126 e. The Morgan fingerprint density at radius 1 is 1.50 bits per heavy atom. The Labute approximate surface area is 112 Å². The SMILES string of the molecule is NC(CCC1CCCO1)Cc1cc(Cl)ccc1F. The molecule has 18 heavy (non-hydrogen) atoms. The molecule has 0 saturated carbocycles. The summed E-state index contributed by atoms with van der Waals surface area (Å²) in [5.41, 5.74) is 6.64. The van der Waals surface area contributed by atoms with E-state index in [0.717, 1.165) is 32.3 Å². The highest BCUT2D eigenvalue weighted by atomic mass is 35.5. The van der Waals surface area contributed by atoms with Crippen molar-refractivity contribution in [1.29, 1.82) is 0 Å². The Morgan fingerprint density at radius 3 is 3.06 bits per heavy atom. The normalized spacial score (nSPS) is 21.2. The summed E-state index contributed by atoms with van der Waals surface area (Å²) in [6.45, 7) is 0.864. The van der Waals surface area contributed by atoms with Crippen molar-refractivity contribution < 1.29 is 9.13 Å². The Kier molecular flexibility index (Phi) is 4.98. The second-order valence-electron chi connectivity index (χ2n) is 4.91. The molecule has 100 valence electrons. The second-order valence-corrected chi connectivity index (χ2v) is 5.35. The van der Waals surface area contributed by atoms with Crippen LogP contribution in [0, 0.1) is 5.82 Å². The zero-order valence-corrected chi connectivity index (χ0v) is 11.1. The van der Waals surface area contributed by atoms with Crippen LogP contribution in [0.1, 0.15) is 31.2 Å². The van der Waals surface area contributed by atoms with Crippen molar-refractivity contribution in [1.82, 2.24) is 0 Å². The van der Waals surface area contributed by atoms with E-state index in [4.69, 9.17) is 22.1 Å². The minimum Gasteiger partial charge on any atom is -0.378 e. The molecule has 2 rings (SSSR count). The first kappa shape index (κ1) is 13.8. The minimum atomic E-state index is -0.230. The average Bonchev–Trinajstić information content (AvgIpc) is 2.84. The number of halogens is 2. The van der Waals surface area contributed by atoms with E-state index in [1.165, 1.54) is 6.07 Å². The first-order chi connectivity index (χ1) is 8.65. The number of nitrogens with two attached hydrogens (primary N) is 1. The van der Waals surface area contributed by atoms with Crippen LogP contribution in [0.2, 0.25) is 5.02 Å². The van der Waals surface area contributed by atoms with Crippen molar-refractivity contribution in [3.63, 3.8) is 0 Å². The summed E-state index contributed by atoms with van der Waals surface area (Å²) in [5, 5.41) is 0.553. The van der Waals surface area contributed by atoms with Gasteiger partial charge in [0.05, 0.1) is 6.10 Å². The standard InChI is InChI=1S/C14H19ClFNO/c15-11-3-6-14(16)10(8-11)9-12(17)4-5-13-2-1-7-18-13/h3,6,8,12-13H,1-2,4-5,7,9,17H2. The topological polar surface area (TPSA) is 35.2 Å². The van der Waals surface area contributed by atoms with Crippen molar-refractivity contribution >= 4 is 11.6 Å². The van der Waals surface area contributed by atoms with Crippen LogP contribution in [-0.2, 0) is 11.2 Å². The third-order valence-electron chi connectivity index (χ3n) is 3.37. The van der Waals surface area contributed by atoms with Crippen LogP contribution in [-0.4, -0.2) is 18.8 Å². The Balaban J connectivity index is 1.82. The van der Waals surface area contributed by atoms with E-state index >= 15 is 0 Å². The second kappa shape index (κ2) is 6.50. The molecule has 2 nitrogen and oxygen atoms in total. The van der Waals surface area contributed by atoms with E-state index in [0.29, 0.717) is 23.1 Å². The van der Waals surface area contributed by atoms with E-state index in [2.05, 4.69) is 0 Å². The summed E-state index contributed by atoms with van der Waals surface area (Å²) in [7, 11) is 0. The molecule has 0 aliphatic carbocycles. The number of ether oxygens (including phenoxy) is 1. The van der Waals surface area contributed by atoms with Gasteiger partial charge in [0.1, 0.15) is 5.82 Å². The van der Waals surface area contributed by atoms with Gasteiger partial charge >= 0.3 is 0 Å². The molecule has 1 aliphatic heterocycles.